The van der Waals surface area contributed by atoms with E-state index in [4.69, 9.17) is 4.74 Å². The van der Waals surface area contributed by atoms with Crippen molar-refractivity contribution in [1.29, 1.82) is 0 Å². The summed E-state index contributed by atoms with van der Waals surface area (Å²) in [4.78, 5) is 39.4. The second-order valence-corrected chi connectivity index (χ2v) is 11.2. The average Bonchev–Trinajstić information content (AvgIpc) is 3.07. The fourth-order valence-corrected chi connectivity index (χ4v) is 7.38. The van der Waals surface area contributed by atoms with Crippen LogP contribution in [-0.2, 0) is 19.1 Å². The molecule has 27 heavy (non-hydrogen) atoms. The predicted octanol–water partition coefficient (Wildman–Crippen LogP) is 3.88. The number of fused-ring (bicyclic) bond motifs is 4. The maximum absolute atomic E-state index is 13.1. The lowest BCUT2D eigenvalue weighted by molar-refractivity contribution is -0.156. The van der Waals surface area contributed by atoms with E-state index in [0.717, 1.165) is 25.7 Å². The zero-order valence-electron chi connectivity index (χ0n) is 17.3. The molecule has 5 rings (SSSR count). The summed E-state index contributed by atoms with van der Waals surface area (Å²) in [5.74, 6) is 0.420. The highest BCUT2D eigenvalue weighted by Gasteiger charge is 2.71. The van der Waals surface area contributed by atoms with Crippen molar-refractivity contribution in [3.63, 3.8) is 0 Å². The lowest BCUT2D eigenvalue weighted by Gasteiger charge is -2.39. The van der Waals surface area contributed by atoms with Crippen LogP contribution in [0.3, 0.4) is 0 Å². The van der Waals surface area contributed by atoms with Gasteiger partial charge in [0.05, 0.1) is 5.92 Å². The molecule has 146 valence electrons. The Morgan fingerprint density at radius 2 is 1.48 bits per heavy atom. The van der Waals surface area contributed by atoms with Crippen molar-refractivity contribution in [3.8, 4) is 0 Å². The molecular formula is C23H30O4. The van der Waals surface area contributed by atoms with E-state index in [1.807, 2.05) is 6.92 Å². The fraction of sp³-hybridized carbons (Fsp3) is 0.783. The van der Waals surface area contributed by atoms with Crippen LogP contribution < -0.4 is 0 Å². The Morgan fingerprint density at radius 3 is 1.96 bits per heavy atom. The summed E-state index contributed by atoms with van der Waals surface area (Å²) in [6.45, 7) is 12.7. The fourth-order valence-electron chi connectivity index (χ4n) is 7.38. The standard InChI is InChI=1S/C23H30O4/c1-20(2)11-7-9-22(20,5)18(25)13(11)16-15(24)17(27-16)14-12-8-10-23(6,19(14)26)21(12,3)4/h11-13,16H,7-10H2,1-6H3/b17-14-/t11-,12+,13+,16-,22+,23+/m1/s1. The van der Waals surface area contributed by atoms with Crippen LogP contribution in [0, 0.1) is 39.4 Å². The van der Waals surface area contributed by atoms with Crippen molar-refractivity contribution in [2.75, 3.05) is 0 Å². The van der Waals surface area contributed by atoms with E-state index in [9.17, 15) is 14.4 Å². The van der Waals surface area contributed by atoms with Gasteiger partial charge in [-0.1, -0.05) is 41.5 Å². The Morgan fingerprint density at radius 1 is 0.852 bits per heavy atom. The molecular weight excluding hydrogens is 340 g/mol. The predicted molar refractivity (Wildman–Crippen MR) is 99.6 cm³/mol. The zero-order chi connectivity index (χ0) is 19.7. The Bertz CT molecular complexity index is 846. The van der Waals surface area contributed by atoms with Crippen molar-refractivity contribution in [2.24, 2.45) is 39.4 Å². The van der Waals surface area contributed by atoms with Gasteiger partial charge in [-0.3, -0.25) is 14.4 Å². The van der Waals surface area contributed by atoms with Crippen molar-refractivity contribution < 1.29 is 19.1 Å². The number of allylic oxidation sites excluding steroid dienone is 1. The van der Waals surface area contributed by atoms with Gasteiger partial charge in [0.1, 0.15) is 5.78 Å². The summed E-state index contributed by atoms with van der Waals surface area (Å²) in [7, 11) is 0. The molecule has 6 atom stereocenters. The van der Waals surface area contributed by atoms with Crippen molar-refractivity contribution in [1.82, 2.24) is 0 Å². The van der Waals surface area contributed by atoms with E-state index in [1.165, 1.54) is 0 Å². The molecule has 0 spiro atoms. The molecule has 0 unspecified atom stereocenters. The topological polar surface area (TPSA) is 60.4 Å². The van der Waals surface area contributed by atoms with E-state index in [1.54, 1.807) is 0 Å². The molecule has 0 aromatic rings. The number of rotatable bonds is 1. The molecule has 5 aliphatic rings. The van der Waals surface area contributed by atoms with Crippen LogP contribution in [0.15, 0.2) is 11.3 Å². The number of carbonyl (C=O) groups excluding carboxylic acids is 3. The summed E-state index contributed by atoms with van der Waals surface area (Å²) in [6, 6.07) is 0. The van der Waals surface area contributed by atoms with E-state index >= 15 is 0 Å². The summed E-state index contributed by atoms with van der Waals surface area (Å²) in [5, 5.41) is 0. The first-order valence-electron chi connectivity index (χ1n) is 10.4. The highest BCUT2D eigenvalue weighted by molar-refractivity contribution is 6.15. The number of hydrogen-bond acceptors (Lipinski definition) is 4. The molecule has 4 bridgehead atoms. The van der Waals surface area contributed by atoms with Gasteiger partial charge in [-0.2, -0.15) is 0 Å². The number of Topliss-reactive ketones (excluding diaryl/α,β-unsaturated/α-hetero) is 3. The van der Waals surface area contributed by atoms with Crippen molar-refractivity contribution >= 4 is 17.3 Å². The Kier molecular flexibility index (Phi) is 2.99. The summed E-state index contributed by atoms with van der Waals surface area (Å²) in [5.41, 5.74) is -0.368. The van der Waals surface area contributed by atoms with Crippen LogP contribution in [0.25, 0.3) is 0 Å². The molecule has 1 aliphatic heterocycles. The molecule has 4 aliphatic carbocycles. The number of carbonyl (C=O) groups is 3. The molecule has 1 heterocycles. The molecule has 0 N–H and O–H groups in total. The van der Waals surface area contributed by atoms with E-state index < -0.39 is 11.5 Å². The van der Waals surface area contributed by atoms with Crippen molar-refractivity contribution in [3.05, 3.63) is 11.3 Å². The lowest BCUT2D eigenvalue weighted by Crippen LogP contribution is -2.50. The third-order valence-corrected chi connectivity index (χ3v) is 10.2. The number of ketones is 3. The van der Waals surface area contributed by atoms with E-state index in [2.05, 4.69) is 34.6 Å². The van der Waals surface area contributed by atoms with Gasteiger partial charge in [0.2, 0.25) is 5.78 Å². The maximum atomic E-state index is 13.1. The molecule has 5 fully saturated rings. The highest BCUT2D eigenvalue weighted by atomic mass is 16.5. The first-order valence-corrected chi connectivity index (χ1v) is 10.4. The molecule has 0 amide bonds. The minimum atomic E-state index is -0.672. The lowest BCUT2D eigenvalue weighted by atomic mass is 9.70. The van der Waals surface area contributed by atoms with Gasteiger partial charge in [-0.25, -0.2) is 0 Å². The third kappa shape index (κ3) is 1.59. The molecule has 0 aromatic heterocycles. The van der Waals surface area contributed by atoms with Gasteiger partial charge in [-0.05, 0) is 48.3 Å². The summed E-state index contributed by atoms with van der Waals surface area (Å²) < 4.78 is 6.03. The quantitative estimate of drug-likeness (QED) is 0.657. The monoisotopic (exact) mass is 370 g/mol. The van der Waals surface area contributed by atoms with E-state index in [-0.39, 0.29) is 57.1 Å². The zero-order valence-corrected chi connectivity index (χ0v) is 17.3. The smallest absolute Gasteiger partial charge is 0.238 e. The minimum absolute atomic E-state index is 0.0945. The molecule has 0 radical (unpaired) electrons. The van der Waals surface area contributed by atoms with Gasteiger partial charge in [0.25, 0.3) is 0 Å². The minimum Gasteiger partial charge on any atom is -0.477 e. The summed E-state index contributed by atoms with van der Waals surface area (Å²) in [6.07, 6.45) is 3.03. The van der Waals surface area contributed by atoms with Crippen LogP contribution in [0.2, 0.25) is 0 Å². The molecule has 4 heteroatoms. The first-order chi connectivity index (χ1) is 12.4. The third-order valence-electron chi connectivity index (χ3n) is 10.2. The second-order valence-electron chi connectivity index (χ2n) is 11.2. The largest absolute Gasteiger partial charge is 0.477 e. The van der Waals surface area contributed by atoms with Crippen LogP contribution in [0.4, 0.5) is 0 Å². The van der Waals surface area contributed by atoms with Crippen LogP contribution in [0.5, 0.6) is 0 Å². The van der Waals surface area contributed by atoms with Gasteiger partial charge in [0.15, 0.2) is 17.6 Å². The van der Waals surface area contributed by atoms with E-state index in [0.29, 0.717) is 5.57 Å². The second kappa shape index (κ2) is 4.58. The Balaban J connectivity index is 1.48. The Labute approximate surface area is 161 Å². The molecule has 0 aromatic carbocycles. The van der Waals surface area contributed by atoms with Crippen LogP contribution >= 0.6 is 0 Å². The number of hydrogen-bond donors (Lipinski definition) is 0. The molecule has 1 saturated heterocycles. The SMILES string of the molecule is CC1(C)[C@@H]2CC[C@@]1(C)C(=O)[C@@H]2[C@H]1O/C(=C2\C(=O)[C@]3(C)CC[C@@H]2C3(C)C)C1=O. The van der Waals surface area contributed by atoms with Gasteiger partial charge in [0, 0.05) is 16.4 Å². The normalized spacial score (nSPS) is 51.7. The van der Waals surface area contributed by atoms with Gasteiger partial charge < -0.3 is 4.74 Å². The first kappa shape index (κ1) is 17.6. The van der Waals surface area contributed by atoms with Crippen LogP contribution in [-0.4, -0.2) is 23.5 Å². The maximum Gasteiger partial charge on any atom is 0.238 e. The molecule has 4 nitrogen and oxygen atoms in total. The molecule has 4 saturated carbocycles. The van der Waals surface area contributed by atoms with Gasteiger partial charge in [-0.15, -0.1) is 0 Å². The number of ether oxygens (including phenoxy) is 1. The van der Waals surface area contributed by atoms with Gasteiger partial charge >= 0.3 is 0 Å². The average molecular weight is 370 g/mol. The van der Waals surface area contributed by atoms with Crippen molar-refractivity contribution in [2.45, 2.75) is 73.3 Å². The summed E-state index contributed by atoms with van der Waals surface area (Å²) >= 11 is 0. The highest BCUT2D eigenvalue weighted by Crippen LogP contribution is 2.69. The Hall–Kier alpha value is -1.45. The van der Waals surface area contributed by atoms with Crippen LogP contribution in [0.1, 0.15) is 67.2 Å².